The van der Waals surface area contributed by atoms with Crippen LogP contribution in [0.15, 0.2) is 48.0 Å². The SMILES string of the molecule is COc1cccc(C2C(=C(O)c3ccc(F)cc3)C(=O)C(=O)N2CCCN2CCOCC2)c1OC. The summed E-state index contributed by atoms with van der Waals surface area (Å²) in [7, 11) is 2.98. The van der Waals surface area contributed by atoms with Gasteiger partial charge in [-0.1, -0.05) is 12.1 Å². The monoisotopic (exact) mass is 484 g/mol. The molecule has 9 heteroatoms. The Hall–Kier alpha value is -3.43. The Morgan fingerprint density at radius 3 is 2.43 bits per heavy atom. The Labute approximate surface area is 203 Å². The van der Waals surface area contributed by atoms with E-state index in [1.54, 1.807) is 18.2 Å². The maximum Gasteiger partial charge on any atom is 0.295 e. The van der Waals surface area contributed by atoms with Gasteiger partial charge in [-0.25, -0.2) is 4.39 Å². The summed E-state index contributed by atoms with van der Waals surface area (Å²) in [6.45, 7) is 4.01. The van der Waals surface area contributed by atoms with Gasteiger partial charge in [0.15, 0.2) is 11.5 Å². The maximum absolute atomic E-state index is 13.5. The molecule has 0 spiro atoms. The fourth-order valence-corrected chi connectivity index (χ4v) is 4.61. The van der Waals surface area contributed by atoms with E-state index >= 15 is 0 Å². The Bertz CT molecular complexity index is 1110. The molecule has 35 heavy (non-hydrogen) atoms. The summed E-state index contributed by atoms with van der Waals surface area (Å²) < 4.78 is 29.9. The second kappa shape index (κ2) is 10.9. The number of para-hydroxylation sites is 1. The van der Waals surface area contributed by atoms with Crippen molar-refractivity contribution < 1.29 is 33.3 Å². The molecule has 0 saturated carbocycles. The van der Waals surface area contributed by atoms with Gasteiger partial charge in [-0.05, 0) is 36.8 Å². The van der Waals surface area contributed by atoms with Gasteiger partial charge in [0.05, 0.1) is 39.0 Å². The lowest BCUT2D eigenvalue weighted by molar-refractivity contribution is -0.140. The topological polar surface area (TPSA) is 88.5 Å². The summed E-state index contributed by atoms with van der Waals surface area (Å²) in [4.78, 5) is 30.1. The predicted octanol–water partition coefficient (Wildman–Crippen LogP) is 2.99. The fraction of sp³-hybridized carbons (Fsp3) is 0.385. The second-order valence-corrected chi connectivity index (χ2v) is 8.39. The highest BCUT2D eigenvalue weighted by Gasteiger charge is 2.47. The number of ketones is 1. The number of Topliss-reactive ketones (excluding diaryl/α,β-unsaturated/α-hetero) is 1. The van der Waals surface area contributed by atoms with Crippen molar-refractivity contribution in [3.05, 3.63) is 65.0 Å². The minimum Gasteiger partial charge on any atom is -0.507 e. The number of rotatable bonds is 8. The molecule has 186 valence electrons. The first-order valence-electron chi connectivity index (χ1n) is 11.5. The van der Waals surface area contributed by atoms with Gasteiger partial charge in [-0.2, -0.15) is 0 Å². The molecule has 4 rings (SSSR count). The molecule has 2 aliphatic rings. The Morgan fingerprint density at radius 2 is 1.77 bits per heavy atom. The van der Waals surface area contributed by atoms with Crippen LogP contribution in [0.2, 0.25) is 0 Å². The van der Waals surface area contributed by atoms with Crippen molar-refractivity contribution in [3.63, 3.8) is 0 Å². The van der Waals surface area contributed by atoms with E-state index in [-0.39, 0.29) is 16.9 Å². The lowest BCUT2D eigenvalue weighted by atomic mass is 9.94. The van der Waals surface area contributed by atoms with Crippen LogP contribution >= 0.6 is 0 Å². The number of hydrogen-bond acceptors (Lipinski definition) is 7. The van der Waals surface area contributed by atoms with E-state index in [1.165, 1.54) is 43.4 Å². The van der Waals surface area contributed by atoms with Crippen LogP contribution in [0.1, 0.15) is 23.6 Å². The zero-order chi connectivity index (χ0) is 24.9. The molecule has 1 atom stereocenters. The van der Waals surface area contributed by atoms with E-state index in [0.717, 1.165) is 19.6 Å². The third kappa shape index (κ3) is 5.01. The molecule has 2 saturated heterocycles. The first-order valence-corrected chi connectivity index (χ1v) is 11.5. The zero-order valence-corrected chi connectivity index (χ0v) is 19.8. The lowest BCUT2D eigenvalue weighted by Crippen LogP contribution is -2.39. The van der Waals surface area contributed by atoms with Crippen molar-refractivity contribution in [2.75, 3.05) is 53.6 Å². The molecule has 0 radical (unpaired) electrons. The molecule has 2 heterocycles. The van der Waals surface area contributed by atoms with Crippen LogP contribution in [0.5, 0.6) is 11.5 Å². The highest BCUT2D eigenvalue weighted by molar-refractivity contribution is 6.46. The number of carbonyl (C=O) groups is 2. The minimum atomic E-state index is -0.894. The molecule has 1 N–H and O–H groups in total. The Morgan fingerprint density at radius 1 is 1.06 bits per heavy atom. The number of hydrogen-bond donors (Lipinski definition) is 1. The van der Waals surface area contributed by atoms with E-state index in [1.807, 2.05) is 0 Å². The summed E-state index contributed by atoms with van der Waals surface area (Å²) in [6, 6.07) is 9.42. The van der Waals surface area contributed by atoms with Crippen LogP contribution < -0.4 is 9.47 Å². The molecule has 8 nitrogen and oxygen atoms in total. The summed E-state index contributed by atoms with van der Waals surface area (Å²) >= 11 is 0. The largest absolute Gasteiger partial charge is 0.507 e. The van der Waals surface area contributed by atoms with Crippen molar-refractivity contribution >= 4 is 17.4 Å². The maximum atomic E-state index is 13.5. The lowest BCUT2D eigenvalue weighted by Gasteiger charge is -2.29. The van der Waals surface area contributed by atoms with Gasteiger partial charge in [0.1, 0.15) is 11.6 Å². The molecular formula is C26H29FN2O6. The van der Waals surface area contributed by atoms with E-state index in [4.69, 9.17) is 14.2 Å². The quantitative estimate of drug-likeness (QED) is 0.350. The molecule has 0 aromatic heterocycles. The number of carbonyl (C=O) groups excluding carboxylic acids is 2. The van der Waals surface area contributed by atoms with E-state index < -0.39 is 23.5 Å². The molecular weight excluding hydrogens is 455 g/mol. The van der Waals surface area contributed by atoms with E-state index in [2.05, 4.69) is 4.90 Å². The van der Waals surface area contributed by atoms with Crippen molar-refractivity contribution in [3.8, 4) is 11.5 Å². The standard InChI is InChI=1S/C26H29FN2O6/c1-33-20-6-3-5-19(25(20)34-2)22-21(23(30)17-7-9-18(27)10-8-17)24(31)26(32)29(22)12-4-11-28-13-15-35-16-14-28/h3,5-10,22,30H,4,11-16H2,1-2H3. The molecule has 2 aromatic carbocycles. The van der Waals surface area contributed by atoms with Gasteiger partial charge in [0.25, 0.3) is 11.7 Å². The van der Waals surface area contributed by atoms with E-state index in [9.17, 15) is 19.1 Å². The first kappa shape index (κ1) is 24.7. The molecule has 2 aromatic rings. The molecule has 0 aliphatic carbocycles. The van der Waals surface area contributed by atoms with Gasteiger partial charge in [-0.3, -0.25) is 14.5 Å². The number of morpholine rings is 1. The van der Waals surface area contributed by atoms with Crippen LogP contribution in [-0.4, -0.2) is 80.2 Å². The van der Waals surface area contributed by atoms with Crippen molar-refractivity contribution in [2.24, 2.45) is 0 Å². The van der Waals surface area contributed by atoms with Crippen LogP contribution in [0.4, 0.5) is 4.39 Å². The van der Waals surface area contributed by atoms with Gasteiger partial charge >= 0.3 is 0 Å². The number of ether oxygens (including phenoxy) is 3. The number of halogens is 1. The van der Waals surface area contributed by atoms with Gasteiger partial charge in [0.2, 0.25) is 0 Å². The summed E-state index contributed by atoms with van der Waals surface area (Å²) in [5, 5.41) is 11.1. The minimum absolute atomic E-state index is 0.0699. The highest BCUT2D eigenvalue weighted by atomic mass is 19.1. The first-order chi connectivity index (χ1) is 17.0. The average molecular weight is 485 g/mol. The van der Waals surface area contributed by atoms with E-state index in [0.29, 0.717) is 43.2 Å². The van der Waals surface area contributed by atoms with Crippen LogP contribution in [0.3, 0.4) is 0 Å². The summed E-state index contributed by atoms with van der Waals surface area (Å²) in [6.07, 6.45) is 0.631. The highest BCUT2D eigenvalue weighted by Crippen LogP contribution is 2.45. The Kier molecular flexibility index (Phi) is 7.67. The number of aliphatic hydroxyl groups excluding tert-OH is 1. The van der Waals surface area contributed by atoms with Crippen LogP contribution in [0, 0.1) is 5.82 Å². The smallest absolute Gasteiger partial charge is 0.295 e. The number of amides is 1. The normalized spacial score (nSPS) is 20.3. The number of methoxy groups -OCH3 is 2. The molecule has 1 unspecified atom stereocenters. The molecule has 1 amide bonds. The van der Waals surface area contributed by atoms with Crippen molar-refractivity contribution in [1.82, 2.24) is 9.80 Å². The summed E-state index contributed by atoms with van der Waals surface area (Å²) in [5.74, 6) is -1.54. The van der Waals surface area contributed by atoms with Crippen molar-refractivity contribution in [2.45, 2.75) is 12.5 Å². The van der Waals surface area contributed by atoms with Crippen molar-refractivity contribution in [1.29, 1.82) is 0 Å². The number of likely N-dealkylation sites (tertiary alicyclic amines) is 1. The van der Waals surface area contributed by atoms with Gasteiger partial charge in [0, 0.05) is 37.3 Å². The van der Waals surface area contributed by atoms with Gasteiger partial charge in [-0.15, -0.1) is 0 Å². The second-order valence-electron chi connectivity index (χ2n) is 8.39. The molecule has 2 aliphatic heterocycles. The number of aliphatic hydroxyl groups is 1. The third-order valence-electron chi connectivity index (χ3n) is 6.36. The number of nitrogens with zero attached hydrogens (tertiary/aromatic N) is 2. The molecule has 0 bridgehead atoms. The molecule has 2 fully saturated rings. The average Bonchev–Trinajstić information content (AvgIpc) is 3.13. The summed E-state index contributed by atoms with van der Waals surface area (Å²) in [5.41, 5.74) is 0.685. The Balaban J connectivity index is 1.75. The predicted molar refractivity (Wildman–Crippen MR) is 127 cm³/mol. The van der Waals surface area contributed by atoms with Crippen LogP contribution in [0.25, 0.3) is 5.76 Å². The third-order valence-corrected chi connectivity index (χ3v) is 6.36. The van der Waals surface area contributed by atoms with Crippen LogP contribution in [-0.2, 0) is 14.3 Å². The van der Waals surface area contributed by atoms with Gasteiger partial charge < -0.3 is 24.2 Å². The zero-order valence-electron chi connectivity index (χ0n) is 19.8. The number of benzene rings is 2. The fourth-order valence-electron chi connectivity index (χ4n) is 4.61.